The Morgan fingerprint density at radius 1 is 1.62 bits per heavy atom. The molecular weight excluding hydrogens is 268 g/mol. The molecule has 1 aliphatic rings. The van der Waals surface area contributed by atoms with Crippen molar-refractivity contribution >= 4 is 11.7 Å². The van der Waals surface area contributed by atoms with Crippen LogP contribution < -0.4 is 21.1 Å². The van der Waals surface area contributed by atoms with Crippen molar-refractivity contribution in [1.29, 1.82) is 5.41 Å². The van der Waals surface area contributed by atoms with Crippen LogP contribution in [0.3, 0.4) is 0 Å². The largest absolute Gasteiger partial charge is 0.489 e. The fraction of sp³-hybridized carbons (Fsp3) is 0.333. The fourth-order valence-electron chi connectivity index (χ4n) is 2.22. The minimum atomic E-state index is -0.245. The van der Waals surface area contributed by atoms with Crippen LogP contribution in [0.15, 0.2) is 36.9 Å². The molecule has 1 aromatic carbocycles. The van der Waals surface area contributed by atoms with Gasteiger partial charge in [0.05, 0.1) is 6.04 Å². The van der Waals surface area contributed by atoms with E-state index in [0.717, 1.165) is 0 Å². The first-order chi connectivity index (χ1) is 10.1. The average molecular weight is 288 g/mol. The average Bonchev–Trinajstić information content (AvgIpc) is 2.93. The summed E-state index contributed by atoms with van der Waals surface area (Å²) in [7, 11) is 0. The van der Waals surface area contributed by atoms with Gasteiger partial charge in [0.1, 0.15) is 17.7 Å². The third kappa shape index (κ3) is 4.06. The number of nitrogen functional groups attached to an aromatic ring is 1. The van der Waals surface area contributed by atoms with Gasteiger partial charge in [0, 0.05) is 25.1 Å². The Hall–Kier alpha value is -2.34. The third-order valence-electron chi connectivity index (χ3n) is 3.28. The maximum atomic E-state index is 11.8. The van der Waals surface area contributed by atoms with Gasteiger partial charge < -0.3 is 21.1 Å². The Bertz CT molecular complexity index is 544. The highest BCUT2D eigenvalue weighted by Crippen LogP contribution is 2.18. The summed E-state index contributed by atoms with van der Waals surface area (Å²) in [4.78, 5) is 11.8. The molecule has 1 fully saturated rings. The van der Waals surface area contributed by atoms with Gasteiger partial charge in [0.15, 0.2) is 0 Å². The minimum Gasteiger partial charge on any atom is -0.489 e. The molecule has 5 N–H and O–H groups in total. The molecule has 2 rings (SSSR count). The summed E-state index contributed by atoms with van der Waals surface area (Å²) in [6, 6.07) is 6.85. The van der Waals surface area contributed by atoms with Gasteiger partial charge in [-0.05, 0) is 12.1 Å². The number of hydrogen-bond donors (Lipinski definition) is 4. The molecule has 0 spiro atoms. The number of ether oxygens (including phenoxy) is 1. The molecule has 1 aliphatic heterocycles. The van der Waals surface area contributed by atoms with Crippen LogP contribution in [0, 0.1) is 5.41 Å². The lowest BCUT2D eigenvalue weighted by molar-refractivity contribution is -0.122. The molecule has 112 valence electrons. The molecule has 1 heterocycles. The van der Waals surface area contributed by atoms with Crippen molar-refractivity contribution in [2.45, 2.75) is 18.6 Å². The van der Waals surface area contributed by atoms with Gasteiger partial charge in [-0.1, -0.05) is 18.2 Å². The molecular formula is C15H20N4O2. The number of benzene rings is 1. The van der Waals surface area contributed by atoms with Crippen LogP contribution in [0.1, 0.15) is 12.0 Å². The zero-order chi connectivity index (χ0) is 15.2. The molecule has 0 radical (unpaired) electrons. The summed E-state index contributed by atoms with van der Waals surface area (Å²) in [5.74, 6) is 0.617. The number of rotatable bonds is 6. The van der Waals surface area contributed by atoms with Crippen LogP contribution in [-0.4, -0.2) is 37.0 Å². The van der Waals surface area contributed by atoms with E-state index in [1.54, 1.807) is 24.3 Å². The number of nitrogens with one attached hydrogen (secondary N) is 3. The van der Waals surface area contributed by atoms with Crippen molar-refractivity contribution in [3.8, 4) is 5.75 Å². The second-order valence-electron chi connectivity index (χ2n) is 4.91. The normalized spacial score (nSPS) is 20.8. The van der Waals surface area contributed by atoms with E-state index in [2.05, 4.69) is 17.2 Å². The van der Waals surface area contributed by atoms with Gasteiger partial charge in [0.25, 0.3) is 0 Å². The van der Waals surface area contributed by atoms with Crippen molar-refractivity contribution < 1.29 is 9.53 Å². The van der Waals surface area contributed by atoms with Gasteiger partial charge >= 0.3 is 0 Å². The maximum Gasteiger partial charge on any atom is 0.237 e. The zero-order valence-corrected chi connectivity index (χ0v) is 11.8. The lowest BCUT2D eigenvalue weighted by Gasteiger charge is -2.14. The van der Waals surface area contributed by atoms with Gasteiger partial charge in [-0.15, -0.1) is 6.58 Å². The number of nitrogens with two attached hydrogens (primary N) is 1. The second kappa shape index (κ2) is 6.90. The van der Waals surface area contributed by atoms with Crippen molar-refractivity contribution in [2.75, 3.05) is 13.1 Å². The third-order valence-corrected chi connectivity index (χ3v) is 3.28. The quantitative estimate of drug-likeness (QED) is 0.345. The molecule has 0 saturated carbocycles. The van der Waals surface area contributed by atoms with E-state index in [1.807, 2.05) is 6.07 Å². The number of carbonyl (C=O) groups excluding carboxylic acids is 1. The van der Waals surface area contributed by atoms with Gasteiger partial charge in [0.2, 0.25) is 5.91 Å². The molecule has 1 aromatic rings. The summed E-state index contributed by atoms with van der Waals surface area (Å²) >= 11 is 0. The monoisotopic (exact) mass is 288 g/mol. The van der Waals surface area contributed by atoms with Crippen LogP contribution >= 0.6 is 0 Å². The van der Waals surface area contributed by atoms with E-state index < -0.39 is 0 Å². The van der Waals surface area contributed by atoms with Crippen molar-refractivity contribution in [3.63, 3.8) is 0 Å². The molecule has 2 atom stereocenters. The van der Waals surface area contributed by atoms with Gasteiger partial charge in [-0.3, -0.25) is 10.2 Å². The molecule has 1 amide bonds. The lowest BCUT2D eigenvalue weighted by Crippen LogP contribution is -2.40. The molecule has 0 aromatic heterocycles. The molecule has 0 bridgehead atoms. The van der Waals surface area contributed by atoms with Gasteiger partial charge in [-0.25, -0.2) is 0 Å². The number of carbonyl (C=O) groups is 1. The summed E-state index contributed by atoms with van der Waals surface area (Å²) < 4.78 is 5.84. The Morgan fingerprint density at radius 3 is 3.14 bits per heavy atom. The molecule has 6 heteroatoms. The Balaban J connectivity index is 1.90. The Labute approximate surface area is 123 Å². The molecule has 6 nitrogen and oxygen atoms in total. The standard InChI is InChI=1S/C15H20N4O2/c1-2-6-18-15(20)13-8-12(9-19-13)21-11-5-3-4-10(7-11)14(16)17/h2-5,7,12-13,19H,1,6,8-9H2,(H3,16,17)(H,18,20)/t12-,13+/m1/s1. The van der Waals surface area contributed by atoms with E-state index >= 15 is 0 Å². The summed E-state index contributed by atoms with van der Waals surface area (Å²) in [6.45, 7) is 4.63. The van der Waals surface area contributed by atoms with E-state index in [0.29, 0.717) is 30.8 Å². The first kappa shape index (κ1) is 15.1. The number of amidine groups is 1. The number of hydrogen-bond acceptors (Lipinski definition) is 4. The molecule has 0 aliphatic carbocycles. The van der Waals surface area contributed by atoms with E-state index in [1.165, 1.54) is 0 Å². The van der Waals surface area contributed by atoms with Crippen LogP contribution in [-0.2, 0) is 4.79 Å². The fourth-order valence-corrected chi connectivity index (χ4v) is 2.22. The van der Waals surface area contributed by atoms with E-state index in [9.17, 15) is 4.79 Å². The second-order valence-corrected chi connectivity index (χ2v) is 4.91. The lowest BCUT2D eigenvalue weighted by atomic mass is 10.1. The van der Waals surface area contributed by atoms with Crippen LogP contribution in [0.2, 0.25) is 0 Å². The zero-order valence-electron chi connectivity index (χ0n) is 11.8. The van der Waals surface area contributed by atoms with Crippen molar-refractivity contribution in [1.82, 2.24) is 10.6 Å². The summed E-state index contributed by atoms with van der Waals surface area (Å²) in [6.07, 6.45) is 2.17. The van der Waals surface area contributed by atoms with Crippen molar-refractivity contribution in [3.05, 3.63) is 42.5 Å². The SMILES string of the molecule is C=CCNC(=O)[C@@H]1C[C@@H](Oc2cccc(C(=N)N)c2)CN1. The van der Waals surface area contributed by atoms with E-state index in [4.69, 9.17) is 15.9 Å². The predicted molar refractivity (Wildman–Crippen MR) is 81.5 cm³/mol. The smallest absolute Gasteiger partial charge is 0.237 e. The first-order valence-corrected chi connectivity index (χ1v) is 6.83. The maximum absolute atomic E-state index is 11.8. The van der Waals surface area contributed by atoms with Crippen molar-refractivity contribution in [2.24, 2.45) is 5.73 Å². The van der Waals surface area contributed by atoms with Crippen LogP contribution in [0.25, 0.3) is 0 Å². The highest BCUT2D eigenvalue weighted by atomic mass is 16.5. The Kier molecular flexibility index (Phi) is 4.94. The summed E-state index contributed by atoms with van der Waals surface area (Å²) in [5.41, 5.74) is 6.08. The van der Waals surface area contributed by atoms with Crippen LogP contribution in [0.5, 0.6) is 5.75 Å². The minimum absolute atomic E-state index is 0.00618. The molecule has 1 saturated heterocycles. The van der Waals surface area contributed by atoms with E-state index in [-0.39, 0.29) is 23.9 Å². The molecule has 21 heavy (non-hydrogen) atoms. The highest BCUT2D eigenvalue weighted by molar-refractivity contribution is 5.95. The van der Waals surface area contributed by atoms with Gasteiger partial charge in [-0.2, -0.15) is 0 Å². The summed E-state index contributed by atoms with van der Waals surface area (Å²) in [5, 5.41) is 13.3. The molecule has 0 unspecified atom stereocenters. The first-order valence-electron chi connectivity index (χ1n) is 6.83. The topological polar surface area (TPSA) is 100 Å². The Morgan fingerprint density at radius 2 is 2.43 bits per heavy atom. The highest BCUT2D eigenvalue weighted by Gasteiger charge is 2.30. The predicted octanol–water partition coefficient (Wildman–Crippen LogP) is 0.382. The number of amides is 1. The van der Waals surface area contributed by atoms with Crippen LogP contribution in [0.4, 0.5) is 0 Å².